The van der Waals surface area contributed by atoms with Crippen molar-refractivity contribution in [2.24, 2.45) is 5.92 Å². The van der Waals surface area contributed by atoms with Crippen LogP contribution in [0.25, 0.3) is 11.0 Å². The number of amides is 2. The number of nitrogens with one attached hydrogen (secondary N) is 1. The van der Waals surface area contributed by atoms with Gasteiger partial charge in [0.1, 0.15) is 0 Å². The second kappa shape index (κ2) is 10.5. The highest BCUT2D eigenvalue weighted by Crippen LogP contribution is 2.30. The standard InChI is InChI=1S/C25H32N4O3S/c1-17(22-10-7-13-33-22)28(2)25(31)20-14-19(27-24(30)18-8-5-4-6-9-18)15-21-23(20)29(16-26-21)11-12-32-3/h7,10,13-18H,4-6,8-9,11-12H2,1-3H3,(H,27,30)/t17-/m0/s1. The molecule has 0 radical (unpaired) electrons. The van der Waals surface area contributed by atoms with Crippen molar-refractivity contribution in [2.75, 3.05) is 26.1 Å². The zero-order chi connectivity index (χ0) is 23.4. The van der Waals surface area contributed by atoms with Crippen LogP contribution >= 0.6 is 11.3 Å². The number of rotatable bonds is 8. The lowest BCUT2D eigenvalue weighted by Crippen LogP contribution is -2.30. The van der Waals surface area contributed by atoms with E-state index in [4.69, 9.17) is 4.74 Å². The van der Waals surface area contributed by atoms with Gasteiger partial charge >= 0.3 is 0 Å². The van der Waals surface area contributed by atoms with Gasteiger partial charge in [0.25, 0.3) is 5.91 Å². The Morgan fingerprint density at radius 2 is 2.09 bits per heavy atom. The molecule has 0 bridgehead atoms. The Hall–Kier alpha value is -2.71. The number of anilines is 1. The van der Waals surface area contributed by atoms with Gasteiger partial charge in [0, 0.05) is 37.2 Å². The first-order valence-electron chi connectivity index (χ1n) is 11.6. The molecule has 2 aromatic heterocycles. The first kappa shape index (κ1) is 23.4. The average Bonchev–Trinajstić information content (AvgIpc) is 3.52. The van der Waals surface area contributed by atoms with Crippen molar-refractivity contribution in [3.05, 3.63) is 46.4 Å². The van der Waals surface area contributed by atoms with Gasteiger partial charge in [-0.25, -0.2) is 4.98 Å². The van der Waals surface area contributed by atoms with Gasteiger partial charge in [0.15, 0.2) is 0 Å². The second-order valence-corrected chi connectivity index (χ2v) is 9.73. The summed E-state index contributed by atoms with van der Waals surface area (Å²) < 4.78 is 7.19. The molecule has 4 rings (SSSR count). The van der Waals surface area contributed by atoms with Crippen LogP contribution in [0.5, 0.6) is 0 Å². The second-order valence-electron chi connectivity index (χ2n) is 8.75. The third-order valence-corrected chi connectivity index (χ3v) is 7.62. The molecule has 0 aliphatic heterocycles. The highest BCUT2D eigenvalue weighted by molar-refractivity contribution is 7.10. The van der Waals surface area contributed by atoms with Crippen molar-refractivity contribution in [1.29, 1.82) is 0 Å². The van der Waals surface area contributed by atoms with E-state index in [9.17, 15) is 9.59 Å². The van der Waals surface area contributed by atoms with E-state index in [1.54, 1.807) is 35.7 Å². The highest BCUT2D eigenvalue weighted by atomic mass is 32.1. The largest absolute Gasteiger partial charge is 0.383 e. The predicted molar refractivity (Wildman–Crippen MR) is 132 cm³/mol. The molecule has 2 amide bonds. The number of benzene rings is 1. The fraction of sp³-hybridized carbons (Fsp3) is 0.480. The maximum absolute atomic E-state index is 13.7. The molecule has 1 aromatic carbocycles. The van der Waals surface area contributed by atoms with E-state index in [0.717, 1.165) is 36.1 Å². The lowest BCUT2D eigenvalue weighted by atomic mass is 9.88. The molecule has 1 fully saturated rings. The zero-order valence-corrected chi connectivity index (χ0v) is 20.4. The van der Waals surface area contributed by atoms with Crippen molar-refractivity contribution in [3.63, 3.8) is 0 Å². The van der Waals surface area contributed by atoms with Gasteiger partial charge in [-0.3, -0.25) is 9.59 Å². The fourth-order valence-electron chi connectivity index (χ4n) is 4.50. The lowest BCUT2D eigenvalue weighted by molar-refractivity contribution is -0.120. The van der Waals surface area contributed by atoms with Gasteiger partial charge in [0.2, 0.25) is 5.91 Å². The first-order valence-corrected chi connectivity index (χ1v) is 12.5. The number of imidazole rings is 1. The van der Waals surface area contributed by atoms with Crippen molar-refractivity contribution in [2.45, 2.75) is 51.6 Å². The fourth-order valence-corrected chi connectivity index (χ4v) is 5.32. The first-order chi connectivity index (χ1) is 16.0. The molecule has 33 heavy (non-hydrogen) atoms. The average molecular weight is 469 g/mol. The topological polar surface area (TPSA) is 76.5 Å². The third kappa shape index (κ3) is 5.12. The van der Waals surface area contributed by atoms with E-state index < -0.39 is 0 Å². The molecule has 2 heterocycles. The number of thiophene rings is 1. The van der Waals surface area contributed by atoms with Gasteiger partial charge in [-0.2, -0.15) is 0 Å². The molecule has 1 saturated carbocycles. The van der Waals surface area contributed by atoms with Gasteiger partial charge in [-0.1, -0.05) is 25.3 Å². The van der Waals surface area contributed by atoms with Gasteiger partial charge in [-0.15, -0.1) is 11.3 Å². The molecule has 3 aromatic rings. The van der Waals surface area contributed by atoms with E-state index in [-0.39, 0.29) is 23.8 Å². The monoisotopic (exact) mass is 468 g/mol. The Balaban J connectivity index is 1.68. The molecule has 1 aliphatic rings. The van der Waals surface area contributed by atoms with Gasteiger partial charge in [-0.05, 0) is 43.3 Å². The Bertz CT molecular complexity index is 1100. The van der Waals surface area contributed by atoms with Crippen LogP contribution in [0.15, 0.2) is 36.0 Å². The summed E-state index contributed by atoms with van der Waals surface area (Å²) in [6.45, 7) is 3.13. The number of carbonyl (C=O) groups excluding carboxylic acids is 2. The molecule has 1 aliphatic carbocycles. The van der Waals surface area contributed by atoms with Crippen LogP contribution < -0.4 is 5.32 Å². The molecule has 8 heteroatoms. The van der Waals surface area contributed by atoms with E-state index >= 15 is 0 Å². The Morgan fingerprint density at radius 3 is 2.79 bits per heavy atom. The highest BCUT2D eigenvalue weighted by Gasteiger charge is 2.26. The number of hydrogen-bond donors (Lipinski definition) is 1. The number of aromatic nitrogens is 2. The zero-order valence-electron chi connectivity index (χ0n) is 19.5. The van der Waals surface area contributed by atoms with Crippen LogP contribution in [0, 0.1) is 5.92 Å². The Labute approximate surface area is 198 Å². The van der Waals surface area contributed by atoms with Gasteiger partial charge < -0.3 is 19.5 Å². The summed E-state index contributed by atoms with van der Waals surface area (Å²) in [4.78, 5) is 34.0. The van der Waals surface area contributed by atoms with Crippen LogP contribution in [-0.2, 0) is 16.1 Å². The minimum absolute atomic E-state index is 0.0339. The molecule has 0 saturated heterocycles. The molecule has 7 nitrogen and oxygen atoms in total. The molecular formula is C25H32N4O3S. The quantitative estimate of drug-likeness (QED) is 0.499. The van der Waals surface area contributed by atoms with E-state index in [2.05, 4.69) is 10.3 Å². The summed E-state index contributed by atoms with van der Waals surface area (Å²) in [7, 11) is 3.47. The Kier molecular flexibility index (Phi) is 7.45. The summed E-state index contributed by atoms with van der Waals surface area (Å²) in [5, 5.41) is 5.08. The van der Waals surface area contributed by atoms with Crippen molar-refractivity contribution < 1.29 is 14.3 Å². The van der Waals surface area contributed by atoms with Crippen molar-refractivity contribution in [1.82, 2.24) is 14.5 Å². The van der Waals surface area contributed by atoms with E-state index in [1.165, 1.54) is 6.42 Å². The number of nitrogens with zero attached hydrogens (tertiary/aromatic N) is 3. The summed E-state index contributed by atoms with van der Waals surface area (Å²) in [6, 6.07) is 7.63. The number of hydrogen-bond acceptors (Lipinski definition) is 5. The van der Waals surface area contributed by atoms with Crippen LogP contribution in [0.2, 0.25) is 0 Å². The van der Waals surface area contributed by atoms with Gasteiger partial charge in [0.05, 0.1) is 35.6 Å². The van der Waals surface area contributed by atoms with Crippen LogP contribution in [-0.4, -0.2) is 47.0 Å². The summed E-state index contributed by atoms with van der Waals surface area (Å²) in [5.74, 6) is -0.0326. The number of carbonyl (C=O) groups is 2. The molecular weight excluding hydrogens is 436 g/mol. The predicted octanol–water partition coefficient (Wildman–Crippen LogP) is 5.10. The number of ether oxygens (including phenoxy) is 1. The minimum Gasteiger partial charge on any atom is -0.383 e. The molecule has 1 N–H and O–H groups in total. The molecule has 0 spiro atoms. The molecule has 0 unspecified atom stereocenters. The minimum atomic E-state index is -0.103. The number of fused-ring (bicyclic) bond motifs is 1. The summed E-state index contributed by atoms with van der Waals surface area (Å²) in [5.41, 5.74) is 2.60. The van der Waals surface area contributed by atoms with Crippen LogP contribution in [0.3, 0.4) is 0 Å². The maximum atomic E-state index is 13.7. The normalized spacial score (nSPS) is 15.5. The third-order valence-electron chi connectivity index (χ3n) is 6.58. The SMILES string of the molecule is COCCn1cnc2cc(NC(=O)C3CCCCC3)cc(C(=O)N(C)[C@@H](C)c3cccs3)c21. The smallest absolute Gasteiger partial charge is 0.256 e. The van der Waals surface area contributed by atoms with Crippen LogP contribution in [0.1, 0.15) is 60.3 Å². The molecule has 1 atom stereocenters. The van der Waals surface area contributed by atoms with Crippen LogP contribution in [0.4, 0.5) is 5.69 Å². The van der Waals surface area contributed by atoms with E-state index in [0.29, 0.717) is 29.9 Å². The summed E-state index contributed by atoms with van der Waals surface area (Å²) >= 11 is 1.63. The van der Waals surface area contributed by atoms with Crippen molar-refractivity contribution in [3.8, 4) is 0 Å². The molecule has 176 valence electrons. The summed E-state index contributed by atoms with van der Waals surface area (Å²) in [6.07, 6.45) is 6.96. The van der Waals surface area contributed by atoms with Crippen molar-refractivity contribution >= 4 is 39.9 Å². The number of methoxy groups -OCH3 is 1. The van der Waals surface area contributed by atoms with E-state index in [1.807, 2.05) is 42.1 Å². The lowest BCUT2D eigenvalue weighted by Gasteiger charge is -2.25. The maximum Gasteiger partial charge on any atom is 0.256 e. The Morgan fingerprint density at radius 1 is 1.30 bits per heavy atom.